The number of thiocarbonyl (C=S) groups is 1. The summed E-state index contributed by atoms with van der Waals surface area (Å²) in [7, 11) is 2.05. The summed E-state index contributed by atoms with van der Waals surface area (Å²) in [5, 5.41) is 0.704. The molecule has 1 aromatic carbocycles. The number of benzene rings is 1. The van der Waals surface area contributed by atoms with E-state index in [9.17, 15) is 0 Å². The quantitative estimate of drug-likeness (QED) is 0.829. The van der Waals surface area contributed by atoms with Crippen LogP contribution in [-0.2, 0) is 0 Å². The van der Waals surface area contributed by atoms with Gasteiger partial charge in [-0.1, -0.05) is 37.2 Å². The average molecular weight is 271 g/mol. The summed E-state index contributed by atoms with van der Waals surface area (Å²) in [6.45, 7) is 4.37. The predicted molar refractivity (Wildman–Crippen MR) is 80.1 cm³/mol. The van der Waals surface area contributed by atoms with E-state index in [2.05, 4.69) is 18.7 Å². The van der Waals surface area contributed by atoms with Gasteiger partial charge in [0.05, 0.1) is 0 Å². The molecule has 0 spiro atoms. The van der Waals surface area contributed by atoms with Crippen LogP contribution in [0.2, 0.25) is 5.02 Å². The molecule has 0 fully saturated rings. The number of halogens is 1. The molecule has 0 aliphatic rings. The van der Waals surface area contributed by atoms with E-state index in [4.69, 9.17) is 29.6 Å². The number of anilines is 1. The van der Waals surface area contributed by atoms with Crippen LogP contribution in [0.4, 0.5) is 5.69 Å². The third kappa shape index (κ3) is 3.58. The van der Waals surface area contributed by atoms with Crippen molar-refractivity contribution in [2.24, 2.45) is 5.73 Å². The van der Waals surface area contributed by atoms with Gasteiger partial charge in [-0.15, -0.1) is 0 Å². The maximum absolute atomic E-state index is 6.04. The largest absolute Gasteiger partial charge is 0.389 e. The maximum atomic E-state index is 6.04. The van der Waals surface area contributed by atoms with Crippen LogP contribution in [0.15, 0.2) is 18.2 Å². The van der Waals surface area contributed by atoms with Crippen LogP contribution in [0.3, 0.4) is 0 Å². The monoisotopic (exact) mass is 270 g/mol. The smallest absolute Gasteiger partial charge is 0.106 e. The van der Waals surface area contributed by atoms with E-state index in [0.29, 0.717) is 16.1 Å². The molecule has 17 heavy (non-hydrogen) atoms. The van der Waals surface area contributed by atoms with Crippen LogP contribution < -0.4 is 10.6 Å². The Bertz CT molecular complexity index is 406. The van der Waals surface area contributed by atoms with Gasteiger partial charge in [0.1, 0.15) is 4.99 Å². The van der Waals surface area contributed by atoms with Gasteiger partial charge >= 0.3 is 0 Å². The lowest BCUT2D eigenvalue weighted by atomic mass is 10.1. The minimum Gasteiger partial charge on any atom is -0.389 e. The Morgan fingerprint density at radius 2 is 2.18 bits per heavy atom. The lowest BCUT2D eigenvalue weighted by Crippen LogP contribution is -2.30. The Labute approximate surface area is 114 Å². The molecule has 0 aliphatic heterocycles. The zero-order valence-electron chi connectivity index (χ0n) is 10.5. The number of hydrogen-bond donors (Lipinski definition) is 1. The molecule has 0 aliphatic carbocycles. The Morgan fingerprint density at radius 3 is 2.71 bits per heavy atom. The number of rotatable bonds is 5. The highest BCUT2D eigenvalue weighted by Gasteiger charge is 2.14. The Morgan fingerprint density at radius 1 is 1.53 bits per heavy atom. The molecule has 0 heterocycles. The van der Waals surface area contributed by atoms with Crippen molar-refractivity contribution in [1.29, 1.82) is 0 Å². The second kappa shape index (κ2) is 6.22. The van der Waals surface area contributed by atoms with E-state index in [1.54, 1.807) is 0 Å². The zero-order valence-corrected chi connectivity index (χ0v) is 12.1. The van der Waals surface area contributed by atoms with Gasteiger partial charge in [0.25, 0.3) is 0 Å². The molecular formula is C13H19ClN2S. The molecule has 2 N–H and O–H groups in total. The van der Waals surface area contributed by atoms with Crippen molar-refractivity contribution < 1.29 is 0 Å². The van der Waals surface area contributed by atoms with Gasteiger partial charge in [0, 0.05) is 29.4 Å². The Kier molecular flexibility index (Phi) is 5.22. The predicted octanol–water partition coefficient (Wildman–Crippen LogP) is 3.60. The first-order valence-corrected chi connectivity index (χ1v) is 6.58. The topological polar surface area (TPSA) is 29.3 Å². The molecule has 0 aromatic heterocycles. The Hall–Kier alpha value is -0.800. The first-order chi connectivity index (χ1) is 7.97. The molecule has 0 amide bonds. The SMILES string of the molecule is CCCC(C)N(C)c1cc(Cl)ccc1C(N)=S. The summed E-state index contributed by atoms with van der Waals surface area (Å²) in [6.07, 6.45) is 2.27. The van der Waals surface area contributed by atoms with Gasteiger partial charge in [-0.05, 0) is 31.5 Å². The summed E-state index contributed by atoms with van der Waals surface area (Å²) in [5.74, 6) is 0. The fraction of sp³-hybridized carbons (Fsp3) is 0.462. The molecule has 2 nitrogen and oxygen atoms in total. The second-order valence-electron chi connectivity index (χ2n) is 4.27. The van der Waals surface area contributed by atoms with Crippen LogP contribution in [-0.4, -0.2) is 18.1 Å². The first kappa shape index (κ1) is 14.3. The molecule has 1 rings (SSSR count). The first-order valence-electron chi connectivity index (χ1n) is 5.79. The van der Waals surface area contributed by atoms with E-state index in [1.807, 2.05) is 25.2 Å². The highest BCUT2D eigenvalue weighted by molar-refractivity contribution is 7.80. The van der Waals surface area contributed by atoms with Gasteiger partial charge in [0.2, 0.25) is 0 Å². The van der Waals surface area contributed by atoms with Crippen molar-refractivity contribution in [2.45, 2.75) is 32.7 Å². The third-order valence-electron chi connectivity index (χ3n) is 2.97. The lowest BCUT2D eigenvalue weighted by Gasteiger charge is -2.28. The van der Waals surface area contributed by atoms with Gasteiger partial charge in [-0.2, -0.15) is 0 Å². The second-order valence-corrected chi connectivity index (χ2v) is 5.15. The summed E-state index contributed by atoms with van der Waals surface area (Å²) in [4.78, 5) is 2.59. The normalized spacial score (nSPS) is 12.2. The summed E-state index contributed by atoms with van der Waals surface area (Å²) in [6, 6.07) is 6.06. The molecular weight excluding hydrogens is 252 g/mol. The maximum Gasteiger partial charge on any atom is 0.106 e. The molecule has 1 atom stereocenters. The fourth-order valence-electron chi connectivity index (χ4n) is 1.85. The van der Waals surface area contributed by atoms with Crippen molar-refractivity contribution >= 4 is 34.5 Å². The molecule has 4 heteroatoms. The van der Waals surface area contributed by atoms with Crippen LogP contribution in [0, 0.1) is 0 Å². The van der Waals surface area contributed by atoms with Crippen molar-refractivity contribution in [3.05, 3.63) is 28.8 Å². The van der Waals surface area contributed by atoms with Crippen LogP contribution in [0.5, 0.6) is 0 Å². The van der Waals surface area contributed by atoms with E-state index >= 15 is 0 Å². The molecule has 0 saturated heterocycles. The molecule has 1 unspecified atom stereocenters. The van der Waals surface area contributed by atoms with Gasteiger partial charge in [-0.25, -0.2) is 0 Å². The molecule has 94 valence electrons. The highest BCUT2D eigenvalue weighted by Crippen LogP contribution is 2.26. The summed E-state index contributed by atoms with van der Waals surface area (Å²) < 4.78 is 0. The van der Waals surface area contributed by atoms with E-state index in [-0.39, 0.29) is 0 Å². The Balaban J connectivity index is 3.10. The molecule has 0 bridgehead atoms. The third-order valence-corrected chi connectivity index (χ3v) is 3.43. The standard InChI is InChI=1S/C13H19ClN2S/c1-4-5-9(2)16(3)12-8-10(14)6-7-11(12)13(15)17/h6-9H,4-5H2,1-3H3,(H2,15,17). The van der Waals surface area contributed by atoms with Crippen LogP contribution >= 0.6 is 23.8 Å². The van der Waals surface area contributed by atoms with Crippen molar-refractivity contribution in [3.63, 3.8) is 0 Å². The molecule has 1 aromatic rings. The summed E-state index contributed by atoms with van der Waals surface area (Å²) in [5.41, 5.74) is 7.63. The van der Waals surface area contributed by atoms with Crippen LogP contribution in [0.25, 0.3) is 0 Å². The van der Waals surface area contributed by atoms with E-state index in [1.165, 1.54) is 0 Å². The van der Waals surface area contributed by atoms with E-state index in [0.717, 1.165) is 24.1 Å². The van der Waals surface area contributed by atoms with Gasteiger partial charge < -0.3 is 10.6 Å². The van der Waals surface area contributed by atoms with E-state index < -0.39 is 0 Å². The zero-order chi connectivity index (χ0) is 13.0. The average Bonchev–Trinajstić information content (AvgIpc) is 2.27. The van der Waals surface area contributed by atoms with Gasteiger partial charge in [0.15, 0.2) is 0 Å². The molecule has 0 radical (unpaired) electrons. The number of nitrogens with two attached hydrogens (primary N) is 1. The van der Waals surface area contributed by atoms with Gasteiger partial charge in [-0.3, -0.25) is 0 Å². The fourth-order valence-corrected chi connectivity index (χ4v) is 2.19. The summed E-state index contributed by atoms with van der Waals surface area (Å²) >= 11 is 11.1. The van der Waals surface area contributed by atoms with Crippen molar-refractivity contribution in [2.75, 3.05) is 11.9 Å². The number of hydrogen-bond acceptors (Lipinski definition) is 2. The number of nitrogens with zero attached hydrogens (tertiary/aromatic N) is 1. The minimum atomic E-state index is 0.409. The minimum absolute atomic E-state index is 0.409. The highest BCUT2D eigenvalue weighted by atomic mass is 35.5. The van der Waals surface area contributed by atoms with Crippen LogP contribution in [0.1, 0.15) is 32.3 Å². The lowest BCUT2D eigenvalue weighted by molar-refractivity contribution is 0.616. The van der Waals surface area contributed by atoms with Crippen molar-refractivity contribution in [3.8, 4) is 0 Å². The molecule has 0 saturated carbocycles. The van der Waals surface area contributed by atoms with Crippen molar-refractivity contribution in [1.82, 2.24) is 0 Å².